The SMILES string of the molecule is CCc1nc2c(OCCOC)cccn2c1N(C)C(=O)COc1ccccc1. The number of methoxy groups -OCH3 is 1. The van der Waals surface area contributed by atoms with Gasteiger partial charge in [0.05, 0.1) is 12.3 Å². The van der Waals surface area contributed by atoms with Gasteiger partial charge in [0.1, 0.15) is 18.2 Å². The van der Waals surface area contributed by atoms with Crippen molar-refractivity contribution in [3.63, 3.8) is 0 Å². The number of fused-ring (bicyclic) bond motifs is 1. The number of hydrogen-bond donors (Lipinski definition) is 0. The number of amides is 1. The summed E-state index contributed by atoms with van der Waals surface area (Å²) >= 11 is 0. The van der Waals surface area contributed by atoms with E-state index in [4.69, 9.17) is 19.2 Å². The van der Waals surface area contributed by atoms with E-state index < -0.39 is 0 Å². The maximum atomic E-state index is 12.7. The Morgan fingerprint density at radius 2 is 1.89 bits per heavy atom. The summed E-state index contributed by atoms with van der Waals surface area (Å²) in [6, 6.07) is 13.0. The van der Waals surface area contributed by atoms with Crippen molar-refractivity contribution in [3.05, 3.63) is 54.4 Å². The van der Waals surface area contributed by atoms with Gasteiger partial charge in [0, 0.05) is 20.4 Å². The molecule has 7 heteroatoms. The number of pyridine rings is 1. The summed E-state index contributed by atoms with van der Waals surface area (Å²) in [7, 11) is 3.36. The standard InChI is InChI=1S/C21H25N3O4/c1-4-17-21(23(2)19(25)15-28-16-9-6-5-7-10-16)24-12-8-11-18(20(24)22-17)27-14-13-26-3/h5-12H,4,13-15H2,1-3H3. The van der Waals surface area contributed by atoms with E-state index in [1.54, 1.807) is 19.1 Å². The highest BCUT2D eigenvalue weighted by atomic mass is 16.5. The maximum Gasteiger partial charge on any atom is 0.265 e. The van der Waals surface area contributed by atoms with E-state index in [9.17, 15) is 4.79 Å². The first-order chi connectivity index (χ1) is 13.7. The predicted octanol–water partition coefficient (Wildman–Crippen LogP) is 2.96. The summed E-state index contributed by atoms with van der Waals surface area (Å²) in [5.74, 6) is 1.87. The molecule has 0 atom stereocenters. The van der Waals surface area contributed by atoms with Crippen molar-refractivity contribution in [3.8, 4) is 11.5 Å². The van der Waals surface area contributed by atoms with Gasteiger partial charge in [-0.25, -0.2) is 4.98 Å². The van der Waals surface area contributed by atoms with Crippen LogP contribution in [0, 0.1) is 0 Å². The van der Waals surface area contributed by atoms with E-state index >= 15 is 0 Å². The fourth-order valence-corrected chi connectivity index (χ4v) is 2.89. The van der Waals surface area contributed by atoms with E-state index in [1.165, 1.54) is 0 Å². The molecule has 3 aromatic rings. The molecule has 0 saturated heterocycles. The normalized spacial score (nSPS) is 10.8. The molecule has 0 aliphatic rings. The van der Waals surface area contributed by atoms with Gasteiger partial charge in [-0.05, 0) is 30.7 Å². The molecule has 0 fully saturated rings. The first kappa shape index (κ1) is 19.7. The zero-order chi connectivity index (χ0) is 19.9. The smallest absolute Gasteiger partial charge is 0.265 e. The Hall–Kier alpha value is -3.06. The molecule has 0 bridgehead atoms. The summed E-state index contributed by atoms with van der Waals surface area (Å²) < 4.78 is 18.3. The van der Waals surface area contributed by atoms with Crippen LogP contribution in [0.4, 0.5) is 5.82 Å². The van der Waals surface area contributed by atoms with Crippen LogP contribution >= 0.6 is 0 Å². The van der Waals surface area contributed by atoms with Crippen LogP contribution in [0.15, 0.2) is 48.7 Å². The third-order valence-corrected chi connectivity index (χ3v) is 4.34. The Balaban J connectivity index is 1.84. The van der Waals surface area contributed by atoms with Gasteiger partial charge >= 0.3 is 0 Å². The molecule has 0 aliphatic heterocycles. The highest BCUT2D eigenvalue weighted by Gasteiger charge is 2.22. The van der Waals surface area contributed by atoms with Crippen molar-refractivity contribution in [2.24, 2.45) is 0 Å². The number of para-hydroxylation sites is 1. The van der Waals surface area contributed by atoms with Gasteiger partial charge in [0.25, 0.3) is 5.91 Å². The molecule has 0 saturated carbocycles. The van der Waals surface area contributed by atoms with E-state index in [0.717, 1.165) is 11.5 Å². The fraction of sp³-hybridized carbons (Fsp3) is 0.333. The van der Waals surface area contributed by atoms with Gasteiger partial charge in [-0.2, -0.15) is 0 Å². The number of aryl methyl sites for hydroxylation is 1. The lowest BCUT2D eigenvalue weighted by atomic mass is 10.3. The lowest BCUT2D eigenvalue weighted by Crippen LogP contribution is -2.32. The topological polar surface area (TPSA) is 65.3 Å². The molecule has 0 spiro atoms. The average Bonchev–Trinajstić information content (AvgIpc) is 3.12. The number of anilines is 1. The van der Waals surface area contributed by atoms with E-state index in [2.05, 4.69) is 0 Å². The number of hydrogen-bond acceptors (Lipinski definition) is 5. The number of rotatable bonds is 9. The Morgan fingerprint density at radius 3 is 2.61 bits per heavy atom. The number of carbonyl (C=O) groups is 1. The number of nitrogens with zero attached hydrogens (tertiary/aromatic N) is 3. The van der Waals surface area contributed by atoms with Crippen molar-refractivity contribution in [1.82, 2.24) is 9.38 Å². The monoisotopic (exact) mass is 383 g/mol. The lowest BCUT2D eigenvalue weighted by Gasteiger charge is -2.18. The van der Waals surface area contributed by atoms with Crippen LogP contribution in [0.1, 0.15) is 12.6 Å². The average molecular weight is 383 g/mol. The molecular formula is C21H25N3O4. The number of ether oxygens (including phenoxy) is 3. The van der Waals surface area contributed by atoms with Crippen molar-refractivity contribution >= 4 is 17.4 Å². The number of carbonyl (C=O) groups excluding carboxylic acids is 1. The lowest BCUT2D eigenvalue weighted by molar-refractivity contribution is -0.120. The molecule has 0 radical (unpaired) electrons. The summed E-state index contributed by atoms with van der Waals surface area (Å²) in [4.78, 5) is 19.0. The minimum atomic E-state index is -0.161. The molecule has 0 aliphatic carbocycles. The largest absolute Gasteiger partial charge is 0.487 e. The third-order valence-electron chi connectivity index (χ3n) is 4.34. The van der Waals surface area contributed by atoms with Gasteiger partial charge in [-0.15, -0.1) is 0 Å². The van der Waals surface area contributed by atoms with Gasteiger partial charge in [0.15, 0.2) is 18.0 Å². The van der Waals surface area contributed by atoms with E-state index in [0.29, 0.717) is 36.8 Å². The molecule has 0 unspecified atom stereocenters. The quantitative estimate of drug-likeness (QED) is 0.532. The molecule has 2 aromatic heterocycles. The predicted molar refractivity (Wildman–Crippen MR) is 107 cm³/mol. The van der Waals surface area contributed by atoms with Gasteiger partial charge in [-0.1, -0.05) is 25.1 Å². The van der Waals surface area contributed by atoms with Gasteiger partial charge < -0.3 is 14.2 Å². The molecule has 3 rings (SSSR count). The molecule has 7 nitrogen and oxygen atoms in total. The molecule has 0 N–H and O–H groups in total. The van der Waals surface area contributed by atoms with Gasteiger partial charge in [-0.3, -0.25) is 14.1 Å². The number of benzene rings is 1. The summed E-state index contributed by atoms with van der Waals surface area (Å²) in [5, 5.41) is 0. The van der Waals surface area contributed by atoms with Crippen LogP contribution < -0.4 is 14.4 Å². The molecule has 1 aromatic carbocycles. The molecule has 148 valence electrons. The maximum absolute atomic E-state index is 12.7. The van der Waals surface area contributed by atoms with Crippen molar-refractivity contribution in [2.75, 3.05) is 38.9 Å². The first-order valence-corrected chi connectivity index (χ1v) is 9.21. The minimum absolute atomic E-state index is 0.0546. The summed E-state index contributed by atoms with van der Waals surface area (Å²) in [5.41, 5.74) is 1.49. The second kappa shape index (κ2) is 9.23. The number of imidazole rings is 1. The zero-order valence-corrected chi connectivity index (χ0v) is 16.4. The highest BCUT2D eigenvalue weighted by Crippen LogP contribution is 2.28. The Kier molecular flexibility index (Phi) is 6.49. The second-order valence-corrected chi connectivity index (χ2v) is 6.20. The minimum Gasteiger partial charge on any atom is -0.487 e. The van der Waals surface area contributed by atoms with Crippen molar-refractivity contribution in [2.45, 2.75) is 13.3 Å². The Morgan fingerprint density at radius 1 is 1.11 bits per heavy atom. The molecule has 1 amide bonds. The van der Waals surface area contributed by atoms with Crippen molar-refractivity contribution < 1.29 is 19.0 Å². The zero-order valence-electron chi connectivity index (χ0n) is 16.4. The first-order valence-electron chi connectivity index (χ1n) is 9.21. The van der Waals surface area contributed by atoms with Gasteiger partial charge in [0.2, 0.25) is 0 Å². The molecule has 28 heavy (non-hydrogen) atoms. The molecular weight excluding hydrogens is 358 g/mol. The highest BCUT2D eigenvalue weighted by molar-refractivity contribution is 5.94. The van der Waals surface area contributed by atoms with Crippen LogP contribution in [0.3, 0.4) is 0 Å². The molecule has 2 heterocycles. The fourth-order valence-electron chi connectivity index (χ4n) is 2.89. The van der Waals surface area contributed by atoms with Crippen LogP contribution in [-0.2, 0) is 16.0 Å². The van der Waals surface area contributed by atoms with Crippen molar-refractivity contribution in [1.29, 1.82) is 0 Å². The third kappa shape index (κ3) is 4.26. The second-order valence-electron chi connectivity index (χ2n) is 6.20. The van der Waals surface area contributed by atoms with Crippen LogP contribution in [0.25, 0.3) is 5.65 Å². The van der Waals surface area contributed by atoms with Crippen LogP contribution in [0.5, 0.6) is 11.5 Å². The number of aromatic nitrogens is 2. The number of likely N-dealkylation sites (N-methyl/N-ethyl adjacent to an activating group) is 1. The van der Waals surface area contributed by atoms with E-state index in [-0.39, 0.29) is 12.5 Å². The summed E-state index contributed by atoms with van der Waals surface area (Å²) in [6.07, 6.45) is 2.56. The Labute approximate surface area is 164 Å². The van der Waals surface area contributed by atoms with Crippen LogP contribution in [-0.4, -0.2) is 49.3 Å². The van der Waals surface area contributed by atoms with Crippen LogP contribution in [0.2, 0.25) is 0 Å². The van der Waals surface area contributed by atoms with E-state index in [1.807, 2.05) is 60.0 Å². The summed E-state index contributed by atoms with van der Waals surface area (Å²) in [6.45, 7) is 2.88. The Bertz CT molecular complexity index is 924.